The zero-order valence-electron chi connectivity index (χ0n) is 18.9. The molecule has 0 saturated heterocycles. The van der Waals surface area contributed by atoms with Gasteiger partial charge in [0.25, 0.3) is 0 Å². The number of allylic oxidation sites excluding steroid dienone is 2. The van der Waals surface area contributed by atoms with Gasteiger partial charge in [-0.15, -0.1) is 0 Å². The van der Waals surface area contributed by atoms with E-state index in [9.17, 15) is 9.90 Å². The summed E-state index contributed by atoms with van der Waals surface area (Å²) in [7, 11) is 0. The van der Waals surface area contributed by atoms with Gasteiger partial charge in [0.2, 0.25) is 0 Å². The fraction of sp³-hybridized carbons (Fsp3) is 0.593. The summed E-state index contributed by atoms with van der Waals surface area (Å²) in [6, 6.07) is 9.27. The lowest BCUT2D eigenvalue weighted by molar-refractivity contribution is -0.139. The molecule has 1 atom stereocenters. The molecule has 1 aromatic carbocycles. The molecular weight excluding hydrogens is 372 g/mol. The maximum atomic E-state index is 11.6. The van der Waals surface area contributed by atoms with Crippen LogP contribution in [0.1, 0.15) is 82.3 Å². The summed E-state index contributed by atoms with van der Waals surface area (Å²) < 4.78 is 5.26. The van der Waals surface area contributed by atoms with Crippen molar-refractivity contribution in [2.24, 2.45) is 11.8 Å². The Kier molecular flexibility index (Phi) is 10.9. The van der Waals surface area contributed by atoms with Gasteiger partial charge in [-0.3, -0.25) is 0 Å². The number of carbonyl (C=O) groups excluding carboxylic acids is 1. The second-order valence-electron chi connectivity index (χ2n) is 8.89. The lowest BCUT2D eigenvalue weighted by Gasteiger charge is -2.31. The molecule has 0 bridgehead atoms. The van der Waals surface area contributed by atoms with Gasteiger partial charge >= 0.3 is 5.97 Å². The van der Waals surface area contributed by atoms with Crippen LogP contribution in [-0.4, -0.2) is 24.3 Å². The van der Waals surface area contributed by atoms with Crippen molar-refractivity contribution in [3.8, 4) is 0 Å². The zero-order valence-corrected chi connectivity index (χ0v) is 18.9. The fourth-order valence-corrected chi connectivity index (χ4v) is 4.58. The number of aliphatic hydroxyl groups excluding tert-OH is 1. The Balaban J connectivity index is 1.76. The van der Waals surface area contributed by atoms with E-state index in [0.29, 0.717) is 24.0 Å². The molecule has 166 valence electrons. The minimum atomic E-state index is -0.314. The number of carbonyl (C=O) groups is 1. The Labute approximate surface area is 183 Å². The number of benzene rings is 1. The normalized spacial score (nSPS) is 20.2. The van der Waals surface area contributed by atoms with Crippen molar-refractivity contribution in [3.05, 3.63) is 59.7 Å². The number of ether oxygens (including phenoxy) is 1. The van der Waals surface area contributed by atoms with Crippen LogP contribution in [0.15, 0.2) is 48.6 Å². The first-order valence-corrected chi connectivity index (χ1v) is 11.7. The van der Waals surface area contributed by atoms with Crippen molar-refractivity contribution in [1.29, 1.82) is 0 Å². The monoisotopic (exact) mass is 412 g/mol. The molecule has 0 heterocycles. The molecule has 3 heteroatoms. The van der Waals surface area contributed by atoms with Crippen molar-refractivity contribution >= 4 is 5.97 Å². The lowest BCUT2D eigenvalue weighted by Crippen LogP contribution is -2.19. The van der Waals surface area contributed by atoms with Gasteiger partial charge in [-0.05, 0) is 101 Å². The molecule has 0 aromatic heterocycles. The van der Waals surface area contributed by atoms with Crippen molar-refractivity contribution in [2.45, 2.75) is 77.6 Å². The van der Waals surface area contributed by atoms with Gasteiger partial charge in [0.05, 0.1) is 6.61 Å². The molecule has 1 fully saturated rings. The number of esters is 1. The number of rotatable bonds is 12. The first-order valence-electron chi connectivity index (χ1n) is 11.7. The number of hydrogen-bond acceptors (Lipinski definition) is 3. The molecule has 1 aromatic rings. The van der Waals surface area contributed by atoms with Crippen molar-refractivity contribution in [1.82, 2.24) is 0 Å². The van der Waals surface area contributed by atoms with Gasteiger partial charge in [0, 0.05) is 12.2 Å². The van der Waals surface area contributed by atoms with E-state index in [4.69, 9.17) is 4.74 Å². The predicted molar refractivity (Wildman–Crippen MR) is 124 cm³/mol. The van der Waals surface area contributed by atoms with Crippen molar-refractivity contribution in [2.75, 3.05) is 13.2 Å². The Morgan fingerprint density at radius 2 is 1.90 bits per heavy atom. The minimum Gasteiger partial charge on any atom is -0.462 e. The van der Waals surface area contributed by atoms with Crippen LogP contribution in [0.2, 0.25) is 0 Å². The summed E-state index contributed by atoms with van der Waals surface area (Å²) in [5.41, 5.74) is 3.35. The summed E-state index contributed by atoms with van der Waals surface area (Å²) in [5.74, 6) is 1.51. The first-order chi connectivity index (χ1) is 14.5. The number of aryl methyl sites for hydroxylation is 1. The minimum absolute atomic E-state index is 0.203. The first kappa shape index (κ1) is 24.4. The van der Waals surface area contributed by atoms with Crippen LogP contribution >= 0.6 is 0 Å². The molecule has 0 radical (unpaired) electrons. The second kappa shape index (κ2) is 13.4. The Morgan fingerprint density at radius 1 is 1.20 bits per heavy atom. The highest BCUT2D eigenvalue weighted by atomic mass is 16.5. The lowest BCUT2D eigenvalue weighted by atomic mass is 9.75. The van der Waals surface area contributed by atoms with E-state index >= 15 is 0 Å². The topological polar surface area (TPSA) is 46.5 Å². The predicted octanol–water partition coefficient (Wildman–Crippen LogP) is 6.37. The van der Waals surface area contributed by atoms with Gasteiger partial charge in [-0.2, -0.15) is 0 Å². The molecule has 1 aliphatic rings. The average molecular weight is 413 g/mol. The van der Waals surface area contributed by atoms with Gasteiger partial charge in [0.1, 0.15) is 0 Å². The smallest absolute Gasteiger partial charge is 0.333 e. The Morgan fingerprint density at radius 3 is 2.50 bits per heavy atom. The van der Waals surface area contributed by atoms with Gasteiger partial charge < -0.3 is 9.84 Å². The maximum Gasteiger partial charge on any atom is 0.333 e. The third kappa shape index (κ3) is 8.47. The number of aliphatic hydroxyl groups is 1. The van der Waals surface area contributed by atoms with Crippen LogP contribution < -0.4 is 0 Å². The third-order valence-corrected chi connectivity index (χ3v) is 6.44. The highest BCUT2D eigenvalue weighted by Crippen LogP contribution is 2.39. The van der Waals surface area contributed by atoms with E-state index in [1.807, 2.05) is 0 Å². The highest BCUT2D eigenvalue weighted by molar-refractivity contribution is 5.86. The molecule has 1 N–H and O–H groups in total. The molecule has 3 nitrogen and oxygen atoms in total. The largest absolute Gasteiger partial charge is 0.462 e. The molecule has 1 unspecified atom stereocenters. The highest BCUT2D eigenvalue weighted by Gasteiger charge is 2.25. The van der Waals surface area contributed by atoms with Crippen LogP contribution in [0.4, 0.5) is 0 Å². The van der Waals surface area contributed by atoms with E-state index < -0.39 is 0 Å². The van der Waals surface area contributed by atoms with E-state index in [-0.39, 0.29) is 12.6 Å². The quantitative estimate of drug-likeness (QED) is 0.247. The van der Waals surface area contributed by atoms with Crippen LogP contribution in [0.25, 0.3) is 0 Å². The van der Waals surface area contributed by atoms with Crippen LogP contribution in [0.5, 0.6) is 0 Å². The summed E-state index contributed by atoms with van der Waals surface area (Å²) >= 11 is 0. The molecule has 0 spiro atoms. The molecule has 1 saturated carbocycles. The van der Waals surface area contributed by atoms with Crippen molar-refractivity contribution < 1.29 is 14.6 Å². The zero-order chi connectivity index (χ0) is 21.8. The molecule has 30 heavy (non-hydrogen) atoms. The molecular formula is C27H40O3. The van der Waals surface area contributed by atoms with Gasteiger partial charge in [-0.1, -0.05) is 43.0 Å². The fourth-order valence-electron chi connectivity index (χ4n) is 4.58. The van der Waals surface area contributed by atoms with E-state index in [1.54, 1.807) is 6.92 Å². The summed E-state index contributed by atoms with van der Waals surface area (Å²) in [6.45, 7) is 7.99. The number of hydrogen-bond donors (Lipinski definition) is 1. The van der Waals surface area contributed by atoms with E-state index in [2.05, 4.69) is 49.9 Å². The Bertz CT molecular complexity index is 666. The third-order valence-electron chi connectivity index (χ3n) is 6.44. The maximum absolute atomic E-state index is 11.6. The molecule has 2 rings (SSSR count). The van der Waals surface area contributed by atoms with Gasteiger partial charge in [0.15, 0.2) is 0 Å². The summed E-state index contributed by atoms with van der Waals surface area (Å²) in [5, 5.41) is 9.42. The van der Waals surface area contributed by atoms with E-state index in [0.717, 1.165) is 38.0 Å². The van der Waals surface area contributed by atoms with Crippen molar-refractivity contribution in [3.63, 3.8) is 0 Å². The summed E-state index contributed by atoms with van der Waals surface area (Å²) in [6.07, 6.45) is 14.3. The molecule has 1 aliphatic carbocycles. The standard InChI is InChI=1S/C27H40O3/c1-4-5-6-7-22-8-12-25(13-9-22)26-14-10-23(11-15-26)20-24(16-18-28)17-19-30-27(29)21(2)3/h4-5,8-9,12-13,23-24,26,28H,2,6-7,10-11,14-20H2,1,3H3/b5-4+. The van der Waals surface area contributed by atoms with Crippen LogP contribution in [0, 0.1) is 11.8 Å². The average Bonchev–Trinajstić information content (AvgIpc) is 2.75. The SMILES string of the molecule is C=C(C)C(=O)OCCC(CCO)CC1CCC(c2ccc(CC/C=C/C)cc2)CC1. The van der Waals surface area contributed by atoms with Gasteiger partial charge in [-0.25, -0.2) is 4.79 Å². The van der Waals surface area contributed by atoms with Crippen LogP contribution in [-0.2, 0) is 16.0 Å². The Hall–Kier alpha value is -1.87. The second-order valence-corrected chi connectivity index (χ2v) is 8.89. The summed E-state index contributed by atoms with van der Waals surface area (Å²) in [4.78, 5) is 11.6. The van der Waals surface area contributed by atoms with E-state index in [1.165, 1.54) is 36.8 Å². The molecule has 0 amide bonds. The van der Waals surface area contributed by atoms with Crippen LogP contribution in [0.3, 0.4) is 0 Å². The molecule has 0 aliphatic heterocycles.